The highest BCUT2D eigenvalue weighted by molar-refractivity contribution is 5.25. The summed E-state index contributed by atoms with van der Waals surface area (Å²) in [7, 11) is 1.36. The van der Waals surface area contributed by atoms with Crippen LogP contribution in [0, 0.1) is 0 Å². The molecule has 7 heteroatoms. The molecule has 96 valence electrons. The number of halogens is 3. The van der Waals surface area contributed by atoms with E-state index in [4.69, 9.17) is 10.5 Å². The standard InChI is InChI=1S/C10H13F3N2O2/c1-6(14)9(16,10(11,12)13)8-4-3-7(17-2)5-15-8/h3-6,16H,14H2,1-2H3. The lowest BCUT2D eigenvalue weighted by molar-refractivity contribution is -0.274. The van der Waals surface area contributed by atoms with Gasteiger partial charge in [0.15, 0.2) is 0 Å². The minimum absolute atomic E-state index is 0.294. The molecule has 0 spiro atoms. The number of nitrogens with two attached hydrogens (primary N) is 1. The lowest BCUT2D eigenvalue weighted by Crippen LogP contribution is -2.54. The Morgan fingerprint density at radius 1 is 1.41 bits per heavy atom. The van der Waals surface area contributed by atoms with Gasteiger partial charge in [0.1, 0.15) is 5.75 Å². The molecule has 0 radical (unpaired) electrons. The van der Waals surface area contributed by atoms with E-state index in [1.54, 1.807) is 0 Å². The van der Waals surface area contributed by atoms with Crippen molar-refractivity contribution >= 4 is 0 Å². The molecule has 0 aliphatic heterocycles. The molecule has 3 N–H and O–H groups in total. The van der Waals surface area contributed by atoms with Crippen molar-refractivity contribution in [1.29, 1.82) is 0 Å². The van der Waals surface area contributed by atoms with Crippen LogP contribution in [0.2, 0.25) is 0 Å². The van der Waals surface area contributed by atoms with E-state index in [1.165, 1.54) is 13.2 Å². The molecule has 0 saturated heterocycles. The zero-order chi connectivity index (χ0) is 13.3. The van der Waals surface area contributed by atoms with Crippen molar-refractivity contribution in [2.75, 3.05) is 7.11 Å². The third kappa shape index (κ3) is 2.34. The molecule has 2 unspecified atom stereocenters. The van der Waals surface area contributed by atoms with Crippen LogP contribution in [0.1, 0.15) is 12.6 Å². The smallest absolute Gasteiger partial charge is 0.424 e. The van der Waals surface area contributed by atoms with Gasteiger partial charge in [0.2, 0.25) is 5.60 Å². The Morgan fingerprint density at radius 2 is 2.00 bits per heavy atom. The summed E-state index contributed by atoms with van der Waals surface area (Å²) >= 11 is 0. The minimum atomic E-state index is -4.90. The second kappa shape index (κ2) is 4.50. The van der Waals surface area contributed by atoms with Crippen molar-refractivity contribution in [3.63, 3.8) is 0 Å². The Labute approximate surface area is 96.2 Å². The maximum Gasteiger partial charge on any atom is 0.424 e. The number of rotatable bonds is 3. The first-order valence-corrected chi connectivity index (χ1v) is 4.78. The summed E-state index contributed by atoms with van der Waals surface area (Å²) in [5.74, 6) is 0.294. The van der Waals surface area contributed by atoms with Crippen molar-refractivity contribution in [2.24, 2.45) is 5.73 Å². The van der Waals surface area contributed by atoms with Crippen LogP contribution in [0.3, 0.4) is 0 Å². The van der Waals surface area contributed by atoms with Gasteiger partial charge in [-0.1, -0.05) is 0 Å². The molecule has 0 fully saturated rings. The summed E-state index contributed by atoms with van der Waals surface area (Å²) in [4.78, 5) is 3.53. The molecule has 0 aromatic carbocycles. The van der Waals surface area contributed by atoms with Crippen LogP contribution in [-0.4, -0.2) is 29.4 Å². The summed E-state index contributed by atoms with van der Waals surface area (Å²) in [5.41, 5.74) is 1.50. The number of nitrogens with zero attached hydrogens (tertiary/aromatic N) is 1. The number of pyridine rings is 1. The largest absolute Gasteiger partial charge is 0.495 e. The summed E-state index contributed by atoms with van der Waals surface area (Å²) < 4.78 is 43.2. The number of alkyl halides is 3. The molecule has 0 bridgehead atoms. The third-order valence-electron chi connectivity index (χ3n) is 2.45. The highest BCUT2D eigenvalue weighted by atomic mass is 19.4. The zero-order valence-electron chi connectivity index (χ0n) is 9.32. The van der Waals surface area contributed by atoms with Crippen LogP contribution >= 0.6 is 0 Å². The van der Waals surface area contributed by atoms with Gasteiger partial charge >= 0.3 is 6.18 Å². The Morgan fingerprint density at radius 3 is 2.29 bits per heavy atom. The van der Waals surface area contributed by atoms with E-state index in [9.17, 15) is 18.3 Å². The van der Waals surface area contributed by atoms with Gasteiger partial charge in [-0.05, 0) is 19.1 Å². The van der Waals surface area contributed by atoms with Crippen molar-refractivity contribution in [3.8, 4) is 5.75 Å². The third-order valence-corrected chi connectivity index (χ3v) is 2.45. The fraction of sp³-hybridized carbons (Fsp3) is 0.500. The van der Waals surface area contributed by atoms with E-state index < -0.39 is 23.5 Å². The van der Waals surface area contributed by atoms with Gasteiger partial charge in [-0.25, -0.2) is 0 Å². The van der Waals surface area contributed by atoms with Crippen LogP contribution < -0.4 is 10.5 Å². The average Bonchev–Trinajstić information content (AvgIpc) is 2.26. The van der Waals surface area contributed by atoms with Crippen LogP contribution in [-0.2, 0) is 5.60 Å². The number of methoxy groups -OCH3 is 1. The summed E-state index contributed by atoms with van der Waals surface area (Å²) in [5, 5.41) is 9.71. The lowest BCUT2D eigenvalue weighted by Gasteiger charge is -2.33. The summed E-state index contributed by atoms with van der Waals surface area (Å²) in [6.07, 6.45) is -3.81. The maximum atomic E-state index is 12.8. The Kier molecular flexibility index (Phi) is 3.63. The second-order valence-electron chi connectivity index (χ2n) is 3.64. The van der Waals surface area contributed by atoms with Gasteiger partial charge in [0.25, 0.3) is 0 Å². The van der Waals surface area contributed by atoms with E-state index >= 15 is 0 Å². The lowest BCUT2D eigenvalue weighted by atomic mass is 9.91. The highest BCUT2D eigenvalue weighted by Crippen LogP contribution is 2.40. The molecule has 0 amide bonds. The Hall–Kier alpha value is -1.34. The molecule has 2 atom stereocenters. The van der Waals surface area contributed by atoms with Crippen molar-refractivity contribution in [2.45, 2.75) is 24.7 Å². The normalized spacial score (nSPS) is 17.4. The Balaban J connectivity index is 3.24. The molecule has 1 heterocycles. The molecular weight excluding hydrogens is 237 g/mol. The molecule has 0 aliphatic carbocycles. The van der Waals surface area contributed by atoms with Crippen LogP contribution in [0.25, 0.3) is 0 Å². The summed E-state index contributed by atoms with van der Waals surface area (Å²) in [6.45, 7) is 1.07. The fourth-order valence-electron chi connectivity index (χ4n) is 1.36. The topological polar surface area (TPSA) is 68.4 Å². The monoisotopic (exact) mass is 250 g/mol. The number of ether oxygens (including phenoxy) is 1. The molecule has 1 aromatic heterocycles. The van der Waals surface area contributed by atoms with Crippen LogP contribution in [0.4, 0.5) is 13.2 Å². The fourth-order valence-corrected chi connectivity index (χ4v) is 1.36. The van der Waals surface area contributed by atoms with E-state index in [0.29, 0.717) is 5.75 Å². The van der Waals surface area contributed by atoms with Gasteiger partial charge in [-0.15, -0.1) is 0 Å². The predicted molar refractivity (Wildman–Crippen MR) is 54.4 cm³/mol. The van der Waals surface area contributed by atoms with E-state index in [-0.39, 0.29) is 0 Å². The van der Waals surface area contributed by atoms with Crippen molar-refractivity contribution in [1.82, 2.24) is 4.98 Å². The molecule has 0 aliphatic rings. The van der Waals surface area contributed by atoms with Gasteiger partial charge in [-0.3, -0.25) is 4.98 Å². The first-order valence-electron chi connectivity index (χ1n) is 4.78. The highest BCUT2D eigenvalue weighted by Gasteiger charge is 2.58. The van der Waals surface area contributed by atoms with Gasteiger partial charge in [0, 0.05) is 6.04 Å². The number of aliphatic hydroxyl groups is 1. The van der Waals surface area contributed by atoms with Gasteiger partial charge in [-0.2, -0.15) is 13.2 Å². The van der Waals surface area contributed by atoms with Gasteiger partial charge in [0.05, 0.1) is 19.0 Å². The van der Waals surface area contributed by atoms with E-state index in [0.717, 1.165) is 19.2 Å². The van der Waals surface area contributed by atoms with E-state index in [2.05, 4.69) is 4.98 Å². The van der Waals surface area contributed by atoms with Crippen LogP contribution in [0.15, 0.2) is 18.3 Å². The van der Waals surface area contributed by atoms with Gasteiger partial charge < -0.3 is 15.6 Å². The van der Waals surface area contributed by atoms with Crippen molar-refractivity contribution in [3.05, 3.63) is 24.0 Å². The number of aromatic nitrogens is 1. The quantitative estimate of drug-likeness (QED) is 0.845. The van der Waals surface area contributed by atoms with Crippen LogP contribution in [0.5, 0.6) is 5.75 Å². The SMILES string of the molecule is COc1ccc(C(O)(C(C)N)C(F)(F)F)nc1. The second-order valence-corrected chi connectivity index (χ2v) is 3.64. The molecular formula is C10H13F3N2O2. The van der Waals surface area contributed by atoms with E-state index in [1.807, 2.05) is 0 Å². The first-order chi connectivity index (χ1) is 7.73. The first kappa shape index (κ1) is 13.7. The molecule has 1 rings (SSSR count). The minimum Gasteiger partial charge on any atom is -0.495 e. The molecule has 4 nitrogen and oxygen atoms in total. The maximum absolute atomic E-state index is 12.8. The van der Waals surface area contributed by atoms with Crippen molar-refractivity contribution < 1.29 is 23.0 Å². The Bertz CT molecular complexity index is 378. The average molecular weight is 250 g/mol. The molecule has 17 heavy (non-hydrogen) atoms. The predicted octanol–water partition coefficient (Wildman–Crippen LogP) is 1.19. The zero-order valence-corrected chi connectivity index (χ0v) is 9.32. The molecule has 0 saturated carbocycles. The number of hydrogen-bond acceptors (Lipinski definition) is 4. The molecule has 1 aromatic rings. The summed E-state index contributed by atoms with van der Waals surface area (Å²) in [6, 6.07) is 0.778. The number of hydrogen-bond donors (Lipinski definition) is 2.